The molecule has 0 amide bonds. The molecule has 4 heterocycles. The second-order valence-corrected chi connectivity index (χ2v) is 6.70. The van der Waals surface area contributed by atoms with Crippen LogP contribution in [0.4, 0.5) is 5.82 Å². The number of hydrogen-bond donors (Lipinski definition) is 1. The summed E-state index contributed by atoms with van der Waals surface area (Å²) in [5.74, 6) is 1.18. The van der Waals surface area contributed by atoms with E-state index in [1.54, 1.807) is 0 Å². The zero-order valence-electron chi connectivity index (χ0n) is 13.2. The van der Waals surface area contributed by atoms with Crippen LogP contribution in [-0.4, -0.2) is 34.0 Å². The predicted molar refractivity (Wildman–Crippen MR) is 88.5 cm³/mol. The highest BCUT2D eigenvalue weighted by molar-refractivity contribution is 5.73. The zero-order chi connectivity index (χ0) is 15.3. The van der Waals surface area contributed by atoms with Gasteiger partial charge in [0.2, 0.25) is 0 Å². The Balaban J connectivity index is 1.71. The minimum Gasteiger partial charge on any atom is -0.383 e. The normalized spacial score (nSPS) is 27.5. The highest BCUT2D eigenvalue weighted by Gasteiger charge is 2.44. The summed E-state index contributed by atoms with van der Waals surface area (Å²) in [5.41, 5.74) is 10.5. The molecule has 2 saturated heterocycles. The molecule has 4 heteroatoms. The largest absolute Gasteiger partial charge is 0.383 e. The van der Waals surface area contributed by atoms with Crippen molar-refractivity contribution in [3.05, 3.63) is 41.9 Å². The summed E-state index contributed by atoms with van der Waals surface area (Å²) < 4.78 is 0. The Morgan fingerprint density at radius 2 is 2.05 bits per heavy atom. The molecule has 2 bridgehead atoms. The van der Waals surface area contributed by atoms with Crippen molar-refractivity contribution in [1.29, 1.82) is 0 Å². The molecule has 0 aliphatic carbocycles. The second kappa shape index (κ2) is 5.06. The molecular weight excluding hydrogens is 272 g/mol. The number of nitrogens with two attached hydrogens (primary N) is 1. The van der Waals surface area contributed by atoms with Crippen molar-refractivity contribution in [2.24, 2.45) is 0 Å². The number of aromatic nitrogens is 2. The number of anilines is 1. The molecule has 0 saturated carbocycles. The van der Waals surface area contributed by atoms with Gasteiger partial charge in [0.25, 0.3) is 0 Å². The van der Waals surface area contributed by atoms with Crippen molar-refractivity contribution in [2.45, 2.75) is 44.2 Å². The van der Waals surface area contributed by atoms with Gasteiger partial charge in [0.15, 0.2) is 0 Å². The van der Waals surface area contributed by atoms with E-state index in [2.05, 4.69) is 34.0 Å². The van der Waals surface area contributed by atoms with Gasteiger partial charge >= 0.3 is 0 Å². The van der Waals surface area contributed by atoms with Crippen molar-refractivity contribution in [2.75, 3.05) is 12.8 Å². The first-order chi connectivity index (χ1) is 10.6. The lowest BCUT2D eigenvalue weighted by molar-refractivity contribution is 0.307. The molecule has 2 N–H and O–H groups in total. The third-order valence-electron chi connectivity index (χ3n) is 5.48. The first-order valence-electron chi connectivity index (χ1n) is 8.04. The average Bonchev–Trinajstić information content (AvgIpc) is 3.04. The Bertz CT molecular complexity index is 695. The molecule has 2 fully saturated rings. The van der Waals surface area contributed by atoms with E-state index in [4.69, 9.17) is 5.73 Å². The fourth-order valence-corrected chi connectivity index (χ4v) is 4.17. The molecule has 114 valence electrons. The van der Waals surface area contributed by atoms with E-state index in [1.807, 2.05) is 25.4 Å². The molecule has 2 aromatic heterocycles. The number of likely N-dealkylation sites (N-methyl/N-ethyl adjacent to an activating group) is 1. The van der Waals surface area contributed by atoms with Crippen LogP contribution in [0.5, 0.6) is 0 Å². The van der Waals surface area contributed by atoms with E-state index in [0.29, 0.717) is 17.8 Å². The maximum absolute atomic E-state index is 6.11. The van der Waals surface area contributed by atoms with Crippen molar-refractivity contribution in [3.63, 3.8) is 0 Å². The summed E-state index contributed by atoms with van der Waals surface area (Å²) in [6.45, 7) is 1.99. The number of aryl methyl sites for hydroxylation is 1. The van der Waals surface area contributed by atoms with Gasteiger partial charge in [0.05, 0.1) is 0 Å². The summed E-state index contributed by atoms with van der Waals surface area (Å²) in [7, 11) is 2.26. The van der Waals surface area contributed by atoms with Gasteiger partial charge < -0.3 is 5.73 Å². The van der Waals surface area contributed by atoms with Gasteiger partial charge in [0.1, 0.15) is 5.82 Å². The lowest BCUT2D eigenvalue weighted by Gasteiger charge is -2.22. The molecule has 3 atom stereocenters. The van der Waals surface area contributed by atoms with Crippen LogP contribution >= 0.6 is 0 Å². The van der Waals surface area contributed by atoms with E-state index in [9.17, 15) is 0 Å². The number of fused-ring (bicyclic) bond motifs is 2. The Labute approximate surface area is 131 Å². The fourth-order valence-electron chi connectivity index (χ4n) is 4.17. The summed E-state index contributed by atoms with van der Waals surface area (Å²) in [6.07, 6.45) is 7.75. The third kappa shape index (κ3) is 2.10. The lowest BCUT2D eigenvalue weighted by Crippen LogP contribution is -2.25. The van der Waals surface area contributed by atoms with E-state index in [0.717, 1.165) is 22.9 Å². The molecule has 3 unspecified atom stereocenters. The molecular formula is C18H22N4. The van der Waals surface area contributed by atoms with Crippen LogP contribution in [0.15, 0.2) is 30.6 Å². The Kier molecular flexibility index (Phi) is 3.15. The van der Waals surface area contributed by atoms with Crippen LogP contribution in [0.2, 0.25) is 0 Å². The smallest absolute Gasteiger partial charge is 0.131 e. The minimum atomic E-state index is 0.589. The number of rotatable bonds is 2. The molecule has 2 aliphatic heterocycles. The maximum atomic E-state index is 6.11. The fraction of sp³-hybridized carbons (Fsp3) is 0.444. The molecule has 2 aromatic rings. The Hall–Kier alpha value is -1.94. The second-order valence-electron chi connectivity index (χ2n) is 6.70. The summed E-state index contributed by atoms with van der Waals surface area (Å²) in [4.78, 5) is 11.4. The average molecular weight is 294 g/mol. The number of nitrogen functional groups attached to an aromatic ring is 1. The molecule has 4 rings (SSSR count). The highest BCUT2D eigenvalue weighted by Crippen LogP contribution is 2.46. The van der Waals surface area contributed by atoms with Gasteiger partial charge in [0, 0.05) is 47.2 Å². The first kappa shape index (κ1) is 13.7. The summed E-state index contributed by atoms with van der Waals surface area (Å²) in [5, 5.41) is 0. The van der Waals surface area contributed by atoms with Crippen LogP contribution in [0.25, 0.3) is 11.1 Å². The van der Waals surface area contributed by atoms with Crippen molar-refractivity contribution in [3.8, 4) is 11.1 Å². The van der Waals surface area contributed by atoms with Gasteiger partial charge in [-0.1, -0.05) is 6.07 Å². The van der Waals surface area contributed by atoms with Crippen LogP contribution in [0.1, 0.15) is 36.4 Å². The Morgan fingerprint density at radius 1 is 1.18 bits per heavy atom. The zero-order valence-corrected chi connectivity index (χ0v) is 13.2. The van der Waals surface area contributed by atoms with Crippen LogP contribution < -0.4 is 5.73 Å². The Morgan fingerprint density at radius 3 is 2.68 bits per heavy atom. The van der Waals surface area contributed by atoms with Gasteiger partial charge in [-0.15, -0.1) is 0 Å². The molecule has 0 spiro atoms. The standard InChI is InChI=1S/C18H22N4/c1-11-3-4-12(9-20-11)16-7-13(10-21-18(16)19)15-8-14-5-6-17(15)22(14)2/h3-4,7,9-10,14-15,17H,5-6,8H2,1-2H3,(H2,19,21). The van der Waals surface area contributed by atoms with Gasteiger partial charge in [-0.25, -0.2) is 4.98 Å². The van der Waals surface area contributed by atoms with E-state index in [-0.39, 0.29) is 0 Å². The molecule has 2 aliphatic rings. The number of hydrogen-bond acceptors (Lipinski definition) is 4. The van der Waals surface area contributed by atoms with E-state index < -0.39 is 0 Å². The van der Waals surface area contributed by atoms with Crippen molar-refractivity contribution in [1.82, 2.24) is 14.9 Å². The summed E-state index contributed by atoms with van der Waals surface area (Å²) in [6, 6.07) is 7.74. The summed E-state index contributed by atoms with van der Waals surface area (Å²) >= 11 is 0. The first-order valence-corrected chi connectivity index (χ1v) is 8.04. The third-order valence-corrected chi connectivity index (χ3v) is 5.48. The minimum absolute atomic E-state index is 0.589. The van der Waals surface area contributed by atoms with E-state index >= 15 is 0 Å². The molecule has 0 radical (unpaired) electrons. The molecule has 4 nitrogen and oxygen atoms in total. The SMILES string of the molecule is Cc1ccc(-c2cc(C3CC4CCC3N4C)cnc2N)cn1. The van der Waals surface area contributed by atoms with Crippen molar-refractivity contribution < 1.29 is 0 Å². The monoisotopic (exact) mass is 294 g/mol. The topological polar surface area (TPSA) is 55.0 Å². The van der Waals surface area contributed by atoms with Crippen molar-refractivity contribution >= 4 is 5.82 Å². The van der Waals surface area contributed by atoms with Gasteiger partial charge in [-0.05, 0) is 50.9 Å². The quantitative estimate of drug-likeness (QED) is 0.925. The van der Waals surface area contributed by atoms with E-state index in [1.165, 1.54) is 24.8 Å². The maximum Gasteiger partial charge on any atom is 0.131 e. The number of nitrogens with zero attached hydrogens (tertiary/aromatic N) is 3. The van der Waals surface area contributed by atoms with Crippen LogP contribution in [-0.2, 0) is 0 Å². The number of pyridine rings is 2. The van der Waals surface area contributed by atoms with Crippen LogP contribution in [0.3, 0.4) is 0 Å². The van der Waals surface area contributed by atoms with Gasteiger partial charge in [-0.3, -0.25) is 9.88 Å². The predicted octanol–water partition coefficient (Wildman–Crippen LogP) is 2.98. The molecule has 0 aromatic carbocycles. The lowest BCUT2D eigenvalue weighted by atomic mass is 9.84. The van der Waals surface area contributed by atoms with Crippen LogP contribution in [0, 0.1) is 6.92 Å². The molecule has 22 heavy (non-hydrogen) atoms. The highest BCUT2D eigenvalue weighted by atomic mass is 15.2. The van der Waals surface area contributed by atoms with Gasteiger partial charge in [-0.2, -0.15) is 0 Å².